The lowest BCUT2D eigenvalue weighted by molar-refractivity contribution is -0.112. The normalized spacial score (nSPS) is 18.4. The van der Waals surface area contributed by atoms with Crippen LogP contribution in [0.25, 0.3) is 11.0 Å². The molecule has 2 heterocycles. The highest BCUT2D eigenvalue weighted by Crippen LogP contribution is 2.41. The summed E-state index contributed by atoms with van der Waals surface area (Å²) in [6.07, 6.45) is 7.65. The monoisotopic (exact) mass is 401 g/mol. The molecule has 1 aliphatic heterocycles. The van der Waals surface area contributed by atoms with E-state index in [4.69, 9.17) is 16.6 Å². The number of aromatic nitrogens is 2. The van der Waals surface area contributed by atoms with Crippen LogP contribution in [0, 0.1) is 0 Å². The van der Waals surface area contributed by atoms with Crippen LogP contribution in [0.1, 0.15) is 31.4 Å². The van der Waals surface area contributed by atoms with Gasteiger partial charge in [0.1, 0.15) is 0 Å². The molecular weight excluding hydrogens is 382 g/mol. The zero-order chi connectivity index (χ0) is 20.0. The topological polar surface area (TPSA) is 46.9 Å². The van der Waals surface area contributed by atoms with Gasteiger partial charge in [-0.1, -0.05) is 54.1 Å². The number of anilines is 1. The number of Topliss-reactive ketones (excluding diaryl/α,β-unsaturated/α-hetero) is 1. The summed E-state index contributed by atoms with van der Waals surface area (Å²) < 4.78 is 2.12. The molecule has 3 aromatic rings. The number of hydrogen-bond acceptors (Lipinski definition) is 3. The summed E-state index contributed by atoms with van der Waals surface area (Å²) in [4.78, 5) is 18.4. The predicted octanol–water partition coefficient (Wildman–Crippen LogP) is 5.82. The van der Waals surface area contributed by atoms with Crippen LogP contribution < -0.4 is 5.32 Å². The van der Waals surface area contributed by atoms with Crippen LogP contribution in [0.3, 0.4) is 0 Å². The largest absolute Gasteiger partial charge is 0.329 e. The van der Waals surface area contributed by atoms with Crippen LogP contribution in [-0.2, 0) is 4.79 Å². The van der Waals surface area contributed by atoms with Crippen molar-refractivity contribution in [2.45, 2.75) is 25.8 Å². The number of carbonyl (C=O) groups excluding carboxylic acids is 1. The van der Waals surface area contributed by atoms with Gasteiger partial charge in [-0.15, -0.1) is 0 Å². The minimum atomic E-state index is -0.268. The van der Waals surface area contributed by atoms with E-state index in [-0.39, 0.29) is 11.8 Å². The lowest BCUT2D eigenvalue weighted by atomic mass is 9.87. The second-order valence-corrected chi connectivity index (χ2v) is 7.84. The molecule has 5 heteroatoms. The van der Waals surface area contributed by atoms with Crippen molar-refractivity contribution in [2.24, 2.45) is 0 Å². The van der Waals surface area contributed by atoms with Gasteiger partial charge in [-0.25, -0.2) is 4.98 Å². The molecule has 1 atom stereocenters. The molecule has 0 fully saturated rings. The van der Waals surface area contributed by atoms with Gasteiger partial charge in [0.05, 0.1) is 17.1 Å². The van der Waals surface area contributed by atoms with Gasteiger partial charge < -0.3 is 5.32 Å². The highest BCUT2D eigenvalue weighted by Gasteiger charge is 2.34. The first-order valence-electron chi connectivity index (χ1n) is 9.74. The summed E-state index contributed by atoms with van der Waals surface area (Å²) in [5.74, 6) is 0.834. The number of allylic oxidation sites excluding steroid dienone is 6. The van der Waals surface area contributed by atoms with Gasteiger partial charge in [0.15, 0.2) is 5.78 Å². The standard InChI is InChI=1S/C24H20ClN3O/c1-15-21(23(29)17-7-3-2-4-8-17)22(16-11-13-18(25)14-12-16)28-20-10-6-5-9-19(20)27-24(28)26-15/h2-3,5-7,9-14,22H,4,8H2,1H3,(H,26,27)/t22-/m0/s1. The van der Waals surface area contributed by atoms with E-state index in [0.29, 0.717) is 5.02 Å². The van der Waals surface area contributed by atoms with Crippen LogP contribution in [-0.4, -0.2) is 15.3 Å². The van der Waals surface area contributed by atoms with Crippen molar-refractivity contribution in [1.29, 1.82) is 0 Å². The van der Waals surface area contributed by atoms with E-state index >= 15 is 0 Å². The second kappa shape index (κ2) is 7.05. The molecule has 0 saturated carbocycles. The van der Waals surface area contributed by atoms with Gasteiger partial charge in [0.2, 0.25) is 5.95 Å². The number of nitrogens with zero attached hydrogens (tertiary/aromatic N) is 2. The molecule has 2 aromatic carbocycles. The van der Waals surface area contributed by atoms with Crippen LogP contribution in [0.15, 0.2) is 83.6 Å². The highest BCUT2D eigenvalue weighted by molar-refractivity contribution is 6.30. The molecule has 29 heavy (non-hydrogen) atoms. The number of carbonyl (C=O) groups is 1. The Labute approximate surface area is 174 Å². The molecule has 4 nitrogen and oxygen atoms in total. The predicted molar refractivity (Wildman–Crippen MR) is 117 cm³/mol. The molecule has 0 unspecified atom stereocenters. The number of fused-ring (bicyclic) bond motifs is 3. The summed E-state index contributed by atoms with van der Waals surface area (Å²) in [5, 5.41) is 4.04. The maximum atomic E-state index is 13.6. The van der Waals surface area contributed by atoms with E-state index in [1.165, 1.54) is 0 Å². The quantitative estimate of drug-likeness (QED) is 0.601. The first-order valence-corrected chi connectivity index (χ1v) is 10.1. The Kier molecular flexibility index (Phi) is 4.36. The Morgan fingerprint density at radius 1 is 1.17 bits per heavy atom. The number of imidazole rings is 1. The van der Waals surface area contributed by atoms with Crippen molar-refractivity contribution >= 4 is 34.4 Å². The Balaban J connectivity index is 1.74. The summed E-state index contributed by atoms with van der Waals surface area (Å²) in [6, 6.07) is 15.5. The van der Waals surface area contributed by atoms with E-state index in [1.807, 2.05) is 67.6 Å². The maximum Gasteiger partial charge on any atom is 0.209 e. The molecule has 0 saturated heterocycles. The fourth-order valence-electron chi connectivity index (χ4n) is 4.18. The van der Waals surface area contributed by atoms with E-state index in [0.717, 1.165) is 52.2 Å². The van der Waals surface area contributed by atoms with Gasteiger partial charge in [0, 0.05) is 21.9 Å². The molecule has 5 rings (SSSR count). The molecular formula is C24H20ClN3O. The van der Waals surface area contributed by atoms with Crippen molar-refractivity contribution in [3.63, 3.8) is 0 Å². The van der Waals surface area contributed by atoms with E-state index < -0.39 is 0 Å². The zero-order valence-corrected chi connectivity index (χ0v) is 16.8. The SMILES string of the molecule is CC1=C(C(=O)C2=CC=CCC2)[C@H](c2ccc(Cl)cc2)n2c(nc3ccccc32)N1. The van der Waals surface area contributed by atoms with Crippen molar-refractivity contribution < 1.29 is 4.79 Å². The average molecular weight is 402 g/mol. The second-order valence-electron chi connectivity index (χ2n) is 7.40. The van der Waals surface area contributed by atoms with Gasteiger partial charge in [-0.3, -0.25) is 9.36 Å². The molecule has 0 amide bonds. The minimum absolute atomic E-state index is 0.0859. The van der Waals surface area contributed by atoms with Crippen molar-refractivity contribution in [2.75, 3.05) is 5.32 Å². The molecule has 0 spiro atoms. The number of ketones is 1. The summed E-state index contributed by atoms with van der Waals surface area (Å²) in [6.45, 7) is 1.96. The minimum Gasteiger partial charge on any atom is -0.329 e. The summed E-state index contributed by atoms with van der Waals surface area (Å²) >= 11 is 6.15. The van der Waals surface area contributed by atoms with Gasteiger partial charge in [-0.2, -0.15) is 0 Å². The molecule has 1 aliphatic carbocycles. The van der Waals surface area contributed by atoms with Crippen molar-refractivity contribution in [3.8, 4) is 0 Å². The van der Waals surface area contributed by atoms with Crippen LogP contribution >= 0.6 is 11.6 Å². The number of benzene rings is 2. The number of rotatable bonds is 3. The van der Waals surface area contributed by atoms with Crippen LogP contribution in [0.5, 0.6) is 0 Å². The van der Waals surface area contributed by atoms with Crippen LogP contribution in [0.4, 0.5) is 5.95 Å². The van der Waals surface area contributed by atoms with Crippen LogP contribution in [0.2, 0.25) is 5.02 Å². The third-order valence-electron chi connectivity index (χ3n) is 5.57. The number of nitrogens with one attached hydrogen (secondary N) is 1. The Morgan fingerprint density at radius 2 is 1.97 bits per heavy atom. The molecule has 144 valence electrons. The molecule has 1 aromatic heterocycles. The first kappa shape index (κ1) is 18.0. The summed E-state index contributed by atoms with van der Waals surface area (Å²) in [7, 11) is 0. The van der Waals surface area contributed by atoms with Gasteiger partial charge in [-0.05, 0) is 49.6 Å². The van der Waals surface area contributed by atoms with Gasteiger partial charge in [0.25, 0.3) is 0 Å². The fourth-order valence-corrected chi connectivity index (χ4v) is 4.31. The maximum absolute atomic E-state index is 13.6. The van der Waals surface area contributed by atoms with Crippen molar-refractivity contribution in [1.82, 2.24) is 9.55 Å². The van der Waals surface area contributed by atoms with Crippen molar-refractivity contribution in [3.05, 3.63) is 94.2 Å². The molecule has 2 aliphatic rings. The Hall–Kier alpha value is -3.11. The highest BCUT2D eigenvalue weighted by atomic mass is 35.5. The average Bonchev–Trinajstić information content (AvgIpc) is 3.11. The number of halogens is 1. The zero-order valence-electron chi connectivity index (χ0n) is 16.0. The molecule has 0 bridgehead atoms. The lowest BCUT2D eigenvalue weighted by Crippen LogP contribution is -2.28. The van der Waals surface area contributed by atoms with E-state index in [9.17, 15) is 4.79 Å². The van der Waals surface area contributed by atoms with E-state index in [2.05, 4.69) is 16.0 Å². The Morgan fingerprint density at radius 3 is 2.72 bits per heavy atom. The number of para-hydroxylation sites is 2. The third-order valence-corrected chi connectivity index (χ3v) is 5.82. The number of hydrogen-bond donors (Lipinski definition) is 1. The smallest absolute Gasteiger partial charge is 0.209 e. The lowest BCUT2D eigenvalue weighted by Gasteiger charge is -2.31. The third kappa shape index (κ3) is 3.00. The van der Waals surface area contributed by atoms with E-state index in [1.54, 1.807) is 0 Å². The molecule has 1 N–H and O–H groups in total. The van der Waals surface area contributed by atoms with Gasteiger partial charge >= 0.3 is 0 Å². The molecule has 0 radical (unpaired) electrons. The fraction of sp³-hybridized carbons (Fsp3) is 0.167. The summed E-state index contributed by atoms with van der Waals surface area (Å²) in [5.41, 5.74) is 5.34. The Bertz CT molecular complexity index is 1210. The first-order chi connectivity index (χ1) is 14.1.